The zero-order valence-corrected chi connectivity index (χ0v) is 9.37. The van der Waals surface area contributed by atoms with E-state index < -0.39 is 17.8 Å². The Kier molecular flexibility index (Phi) is 2.97. The summed E-state index contributed by atoms with van der Waals surface area (Å²) in [7, 11) is 0. The average Bonchev–Trinajstić information content (AvgIpc) is 2.71. The first-order chi connectivity index (χ1) is 8.50. The minimum atomic E-state index is -1.17. The Labute approximate surface area is 102 Å². The van der Waals surface area contributed by atoms with E-state index in [1.165, 1.54) is 23.2 Å². The third-order valence-corrected chi connectivity index (χ3v) is 2.80. The summed E-state index contributed by atoms with van der Waals surface area (Å²) in [6, 6.07) is 2.83. The lowest BCUT2D eigenvalue weighted by molar-refractivity contribution is -0.123. The van der Waals surface area contributed by atoms with E-state index in [0.29, 0.717) is 0 Å². The van der Waals surface area contributed by atoms with Crippen LogP contribution >= 0.6 is 0 Å². The third kappa shape index (κ3) is 2.02. The molecule has 1 unspecified atom stereocenters. The largest absolute Gasteiger partial charge is 0.478 e. The molecule has 0 bridgehead atoms. The Morgan fingerprint density at radius 3 is 2.78 bits per heavy atom. The molecule has 94 valence electrons. The highest BCUT2D eigenvalue weighted by Crippen LogP contribution is 2.25. The number of hydrogen-bond donors (Lipinski definition) is 2. The van der Waals surface area contributed by atoms with Crippen molar-refractivity contribution in [2.24, 2.45) is 11.7 Å². The van der Waals surface area contributed by atoms with E-state index in [1.54, 1.807) is 0 Å². The van der Waals surface area contributed by atoms with Crippen molar-refractivity contribution in [3.05, 3.63) is 23.9 Å². The van der Waals surface area contributed by atoms with Gasteiger partial charge in [-0.25, -0.2) is 9.78 Å². The number of hydrogen-bond acceptors (Lipinski definition) is 4. The summed E-state index contributed by atoms with van der Waals surface area (Å²) >= 11 is 0. The number of nitrogens with zero attached hydrogens (tertiary/aromatic N) is 2. The van der Waals surface area contributed by atoms with Crippen LogP contribution in [-0.4, -0.2) is 34.4 Å². The number of anilines is 1. The highest BCUT2D eigenvalue weighted by molar-refractivity contribution is 6.04. The van der Waals surface area contributed by atoms with Gasteiger partial charge >= 0.3 is 5.97 Å². The second kappa shape index (κ2) is 4.44. The van der Waals surface area contributed by atoms with Crippen LogP contribution < -0.4 is 10.6 Å². The van der Waals surface area contributed by atoms with E-state index in [2.05, 4.69) is 4.98 Å². The van der Waals surface area contributed by atoms with Crippen molar-refractivity contribution in [3.63, 3.8) is 0 Å². The molecular formula is C11H11N3O4. The van der Waals surface area contributed by atoms with Crippen molar-refractivity contribution in [3.8, 4) is 0 Å². The van der Waals surface area contributed by atoms with Crippen LogP contribution in [0.2, 0.25) is 0 Å². The van der Waals surface area contributed by atoms with Crippen LogP contribution in [0.3, 0.4) is 0 Å². The molecule has 1 aliphatic heterocycles. The standard InChI is InChI=1S/C11H11N3O4/c12-9(16)6-4-8(15)14(5-6)10-7(11(17)18)2-1-3-13-10/h1-3,6H,4-5H2,(H2,12,16)(H,17,18). The van der Waals surface area contributed by atoms with Crippen LogP contribution in [0.5, 0.6) is 0 Å². The molecule has 0 radical (unpaired) electrons. The summed E-state index contributed by atoms with van der Waals surface area (Å²) in [6.07, 6.45) is 1.39. The van der Waals surface area contributed by atoms with Crippen molar-refractivity contribution in [2.75, 3.05) is 11.4 Å². The first-order valence-corrected chi connectivity index (χ1v) is 5.28. The summed E-state index contributed by atoms with van der Waals surface area (Å²) in [5, 5.41) is 9.02. The summed E-state index contributed by atoms with van der Waals surface area (Å²) in [4.78, 5) is 38.9. The number of aromatic nitrogens is 1. The van der Waals surface area contributed by atoms with Gasteiger partial charge in [0.2, 0.25) is 11.8 Å². The van der Waals surface area contributed by atoms with Gasteiger partial charge in [-0.2, -0.15) is 0 Å². The van der Waals surface area contributed by atoms with Gasteiger partial charge in [0.05, 0.1) is 5.92 Å². The molecular weight excluding hydrogens is 238 g/mol. The molecule has 7 heteroatoms. The topological polar surface area (TPSA) is 114 Å². The van der Waals surface area contributed by atoms with Crippen molar-refractivity contribution in [1.82, 2.24) is 4.98 Å². The van der Waals surface area contributed by atoms with Gasteiger partial charge in [0.25, 0.3) is 0 Å². The zero-order valence-electron chi connectivity index (χ0n) is 9.37. The predicted octanol–water partition coefficient (Wildman–Crippen LogP) is -0.382. The summed E-state index contributed by atoms with van der Waals surface area (Å²) < 4.78 is 0. The van der Waals surface area contributed by atoms with Gasteiger partial charge < -0.3 is 10.8 Å². The minimum Gasteiger partial charge on any atom is -0.478 e. The molecule has 1 fully saturated rings. The fraction of sp³-hybridized carbons (Fsp3) is 0.273. The highest BCUT2D eigenvalue weighted by Gasteiger charge is 2.36. The summed E-state index contributed by atoms with van der Waals surface area (Å²) in [5.74, 6) is -2.63. The molecule has 2 rings (SSSR count). The Bertz CT molecular complexity index is 529. The molecule has 1 aromatic heterocycles. The molecule has 0 aromatic carbocycles. The Morgan fingerprint density at radius 2 is 2.22 bits per heavy atom. The maximum Gasteiger partial charge on any atom is 0.339 e. The SMILES string of the molecule is NC(=O)C1CC(=O)N(c2ncccc2C(=O)O)C1. The normalized spacial score (nSPS) is 19.0. The van der Waals surface area contributed by atoms with Crippen LogP contribution in [-0.2, 0) is 9.59 Å². The summed E-state index contributed by atoms with van der Waals surface area (Å²) in [6.45, 7) is 0.0749. The number of carbonyl (C=O) groups is 3. The van der Waals surface area contributed by atoms with E-state index in [-0.39, 0.29) is 30.3 Å². The number of nitrogens with two attached hydrogens (primary N) is 1. The zero-order chi connectivity index (χ0) is 13.3. The molecule has 1 aromatic rings. The lowest BCUT2D eigenvalue weighted by Crippen LogP contribution is -2.30. The van der Waals surface area contributed by atoms with Crippen LogP contribution in [0, 0.1) is 5.92 Å². The van der Waals surface area contributed by atoms with Gasteiger partial charge in [0.1, 0.15) is 11.4 Å². The van der Waals surface area contributed by atoms with Crippen LogP contribution in [0.1, 0.15) is 16.8 Å². The second-order valence-electron chi connectivity index (χ2n) is 3.99. The molecule has 1 saturated heterocycles. The maximum absolute atomic E-state index is 11.7. The molecule has 0 spiro atoms. The Balaban J connectivity index is 2.35. The van der Waals surface area contributed by atoms with E-state index in [9.17, 15) is 14.4 Å². The quantitative estimate of drug-likeness (QED) is 0.757. The number of amides is 2. The fourth-order valence-electron chi connectivity index (χ4n) is 1.88. The van der Waals surface area contributed by atoms with Gasteiger partial charge in [-0.1, -0.05) is 0 Å². The Hall–Kier alpha value is -2.44. The number of carboxylic acids is 1. The van der Waals surface area contributed by atoms with Crippen LogP contribution in [0.25, 0.3) is 0 Å². The van der Waals surface area contributed by atoms with E-state index in [4.69, 9.17) is 10.8 Å². The molecule has 1 atom stereocenters. The van der Waals surface area contributed by atoms with Crippen LogP contribution in [0.4, 0.5) is 5.82 Å². The van der Waals surface area contributed by atoms with Crippen molar-refractivity contribution in [2.45, 2.75) is 6.42 Å². The molecule has 2 amide bonds. The van der Waals surface area contributed by atoms with E-state index >= 15 is 0 Å². The third-order valence-electron chi connectivity index (χ3n) is 2.80. The molecule has 2 heterocycles. The van der Waals surface area contributed by atoms with Crippen molar-refractivity contribution in [1.29, 1.82) is 0 Å². The van der Waals surface area contributed by atoms with Crippen molar-refractivity contribution < 1.29 is 19.5 Å². The molecule has 7 nitrogen and oxygen atoms in total. The maximum atomic E-state index is 11.7. The first-order valence-electron chi connectivity index (χ1n) is 5.28. The number of carbonyl (C=O) groups excluding carboxylic acids is 2. The molecule has 0 saturated carbocycles. The van der Waals surface area contributed by atoms with Gasteiger partial charge in [0.15, 0.2) is 0 Å². The smallest absolute Gasteiger partial charge is 0.339 e. The van der Waals surface area contributed by atoms with E-state index in [0.717, 1.165) is 0 Å². The monoisotopic (exact) mass is 249 g/mol. The number of primary amides is 1. The van der Waals surface area contributed by atoms with Crippen molar-refractivity contribution >= 4 is 23.6 Å². The number of aromatic carboxylic acids is 1. The lowest BCUT2D eigenvalue weighted by Gasteiger charge is -2.16. The molecule has 3 N–H and O–H groups in total. The molecule has 0 aliphatic carbocycles. The summed E-state index contributed by atoms with van der Waals surface area (Å²) in [5.41, 5.74) is 5.07. The second-order valence-corrected chi connectivity index (χ2v) is 3.99. The highest BCUT2D eigenvalue weighted by atomic mass is 16.4. The average molecular weight is 249 g/mol. The van der Waals surface area contributed by atoms with Gasteiger partial charge in [-0.15, -0.1) is 0 Å². The first kappa shape index (κ1) is 12.0. The fourth-order valence-corrected chi connectivity index (χ4v) is 1.88. The number of pyridine rings is 1. The van der Waals surface area contributed by atoms with Crippen LogP contribution in [0.15, 0.2) is 18.3 Å². The Morgan fingerprint density at radius 1 is 1.50 bits per heavy atom. The van der Waals surface area contributed by atoms with E-state index in [1.807, 2.05) is 0 Å². The molecule has 18 heavy (non-hydrogen) atoms. The van der Waals surface area contributed by atoms with Gasteiger partial charge in [-0.3, -0.25) is 14.5 Å². The van der Waals surface area contributed by atoms with Gasteiger partial charge in [0, 0.05) is 19.2 Å². The lowest BCUT2D eigenvalue weighted by atomic mass is 10.1. The molecule has 1 aliphatic rings. The number of carboxylic acid groups (broad SMARTS) is 1. The predicted molar refractivity (Wildman–Crippen MR) is 60.9 cm³/mol. The van der Waals surface area contributed by atoms with Gasteiger partial charge in [-0.05, 0) is 12.1 Å². The number of rotatable bonds is 3. The minimum absolute atomic E-state index is 0.00896.